The highest BCUT2D eigenvalue weighted by atomic mass is 19.1. The van der Waals surface area contributed by atoms with Crippen LogP contribution in [0, 0.1) is 5.82 Å². The lowest BCUT2D eigenvalue weighted by Crippen LogP contribution is -2.38. The highest BCUT2D eigenvalue weighted by Crippen LogP contribution is 2.31. The standard InChI is InChI=1S/C22H27FN4O2/c1-4-24-22(27-14-16-6-5-7-20(28-2)21(16)29-3)25-11-10-15-13-26-19-9-8-17(23)12-18(15)19/h5-9,12-13,26H,4,10-11,14H2,1-3H3,(H2,24,25,27). The monoisotopic (exact) mass is 398 g/mol. The molecule has 0 radical (unpaired) electrons. The summed E-state index contributed by atoms with van der Waals surface area (Å²) in [6.45, 7) is 3.89. The van der Waals surface area contributed by atoms with Crippen LogP contribution < -0.4 is 20.1 Å². The van der Waals surface area contributed by atoms with Crippen LogP contribution in [0.25, 0.3) is 10.9 Å². The normalized spacial score (nSPS) is 11.5. The van der Waals surface area contributed by atoms with Crippen LogP contribution >= 0.6 is 0 Å². The van der Waals surface area contributed by atoms with Crippen molar-refractivity contribution in [2.75, 3.05) is 27.3 Å². The summed E-state index contributed by atoms with van der Waals surface area (Å²) in [7, 11) is 3.24. The topological polar surface area (TPSA) is 70.7 Å². The van der Waals surface area contributed by atoms with Gasteiger partial charge in [-0.15, -0.1) is 0 Å². The molecule has 0 aliphatic heterocycles. The maximum atomic E-state index is 13.5. The Morgan fingerprint density at radius 2 is 1.97 bits per heavy atom. The molecule has 0 saturated carbocycles. The Bertz CT molecular complexity index is 984. The van der Waals surface area contributed by atoms with Crippen molar-refractivity contribution in [3.63, 3.8) is 0 Å². The molecule has 0 atom stereocenters. The molecule has 2 aromatic carbocycles. The molecule has 0 aliphatic carbocycles. The van der Waals surface area contributed by atoms with Crippen LogP contribution in [0.2, 0.25) is 0 Å². The number of nitrogens with one attached hydrogen (secondary N) is 3. The van der Waals surface area contributed by atoms with Crippen molar-refractivity contribution in [2.45, 2.75) is 19.9 Å². The number of fused-ring (bicyclic) bond motifs is 1. The van der Waals surface area contributed by atoms with Gasteiger partial charge in [0.2, 0.25) is 0 Å². The number of methoxy groups -OCH3 is 2. The van der Waals surface area contributed by atoms with Gasteiger partial charge >= 0.3 is 0 Å². The molecule has 6 nitrogen and oxygen atoms in total. The van der Waals surface area contributed by atoms with E-state index in [1.165, 1.54) is 6.07 Å². The van der Waals surface area contributed by atoms with E-state index in [2.05, 4.69) is 20.6 Å². The fourth-order valence-electron chi connectivity index (χ4n) is 3.26. The number of benzene rings is 2. The van der Waals surface area contributed by atoms with Crippen LogP contribution in [0.15, 0.2) is 47.6 Å². The average Bonchev–Trinajstić information content (AvgIpc) is 3.13. The summed E-state index contributed by atoms with van der Waals surface area (Å²) in [5, 5.41) is 7.49. The minimum Gasteiger partial charge on any atom is -0.493 e. The Hall–Kier alpha value is -3.22. The number of aromatic nitrogens is 1. The van der Waals surface area contributed by atoms with Crippen molar-refractivity contribution < 1.29 is 13.9 Å². The molecule has 0 aliphatic rings. The van der Waals surface area contributed by atoms with Gasteiger partial charge in [-0.25, -0.2) is 9.38 Å². The van der Waals surface area contributed by atoms with E-state index in [-0.39, 0.29) is 5.82 Å². The second-order valence-electron chi connectivity index (χ2n) is 6.53. The van der Waals surface area contributed by atoms with E-state index in [1.807, 2.05) is 31.3 Å². The van der Waals surface area contributed by atoms with Gasteiger partial charge in [0.15, 0.2) is 17.5 Å². The van der Waals surface area contributed by atoms with E-state index in [9.17, 15) is 4.39 Å². The highest BCUT2D eigenvalue weighted by Gasteiger charge is 2.09. The average molecular weight is 398 g/mol. The Morgan fingerprint density at radius 1 is 1.10 bits per heavy atom. The number of nitrogens with zero attached hydrogens (tertiary/aromatic N) is 1. The van der Waals surface area contributed by atoms with Gasteiger partial charge in [-0.2, -0.15) is 0 Å². The zero-order valence-electron chi connectivity index (χ0n) is 17.0. The van der Waals surface area contributed by atoms with Crippen LogP contribution in [0.1, 0.15) is 18.1 Å². The molecule has 0 saturated heterocycles. The summed E-state index contributed by atoms with van der Waals surface area (Å²) in [6, 6.07) is 10.5. The number of rotatable bonds is 8. The first-order valence-electron chi connectivity index (χ1n) is 9.63. The Kier molecular flexibility index (Phi) is 6.94. The number of aliphatic imine (C=N–C) groups is 1. The summed E-state index contributed by atoms with van der Waals surface area (Å²) in [5.74, 6) is 1.86. The molecule has 3 aromatic rings. The van der Waals surface area contributed by atoms with Crippen LogP contribution in [-0.2, 0) is 13.0 Å². The molecule has 0 unspecified atom stereocenters. The Morgan fingerprint density at radius 3 is 2.72 bits per heavy atom. The van der Waals surface area contributed by atoms with E-state index in [1.54, 1.807) is 26.4 Å². The molecule has 29 heavy (non-hydrogen) atoms. The number of halogens is 1. The van der Waals surface area contributed by atoms with Gasteiger partial charge in [0.1, 0.15) is 5.82 Å². The molecule has 3 rings (SSSR count). The number of aromatic amines is 1. The van der Waals surface area contributed by atoms with Crippen molar-refractivity contribution in [1.82, 2.24) is 15.6 Å². The van der Waals surface area contributed by atoms with E-state index < -0.39 is 0 Å². The van der Waals surface area contributed by atoms with Gasteiger partial charge in [-0.3, -0.25) is 0 Å². The van der Waals surface area contributed by atoms with Crippen molar-refractivity contribution >= 4 is 16.9 Å². The van der Waals surface area contributed by atoms with Crippen LogP contribution in [0.5, 0.6) is 11.5 Å². The minimum atomic E-state index is -0.228. The number of guanidine groups is 1. The second-order valence-corrected chi connectivity index (χ2v) is 6.53. The molecule has 154 valence electrons. The van der Waals surface area contributed by atoms with Gasteiger partial charge in [0, 0.05) is 35.8 Å². The summed E-state index contributed by atoms with van der Waals surface area (Å²) in [4.78, 5) is 7.84. The third kappa shape index (κ3) is 4.99. The zero-order chi connectivity index (χ0) is 20.6. The molecule has 3 N–H and O–H groups in total. The van der Waals surface area contributed by atoms with Crippen LogP contribution in [0.3, 0.4) is 0 Å². The zero-order valence-corrected chi connectivity index (χ0v) is 17.0. The molecule has 0 bridgehead atoms. The molecule has 7 heteroatoms. The van der Waals surface area contributed by atoms with Gasteiger partial charge < -0.3 is 25.1 Å². The molecule has 0 spiro atoms. The van der Waals surface area contributed by atoms with Crippen LogP contribution in [0.4, 0.5) is 4.39 Å². The molecule has 1 heterocycles. The summed E-state index contributed by atoms with van der Waals surface area (Å²) in [6.07, 6.45) is 2.67. The lowest BCUT2D eigenvalue weighted by Gasteiger charge is -2.13. The van der Waals surface area contributed by atoms with E-state index in [4.69, 9.17) is 9.47 Å². The van der Waals surface area contributed by atoms with Crippen molar-refractivity contribution in [1.29, 1.82) is 0 Å². The fourth-order valence-corrected chi connectivity index (χ4v) is 3.26. The predicted octanol–water partition coefficient (Wildman–Crippen LogP) is 3.62. The van der Waals surface area contributed by atoms with Gasteiger partial charge in [0.25, 0.3) is 0 Å². The molecule has 1 aromatic heterocycles. The minimum absolute atomic E-state index is 0.228. The van der Waals surface area contributed by atoms with Gasteiger partial charge in [-0.1, -0.05) is 12.1 Å². The second kappa shape index (κ2) is 9.82. The maximum absolute atomic E-state index is 13.5. The SMILES string of the molecule is CCNC(=NCc1cccc(OC)c1OC)NCCc1c[nH]c2ccc(F)cc12. The number of hydrogen-bond donors (Lipinski definition) is 3. The predicted molar refractivity (Wildman–Crippen MR) is 114 cm³/mol. The Labute approximate surface area is 170 Å². The lowest BCUT2D eigenvalue weighted by atomic mass is 10.1. The fraction of sp³-hybridized carbons (Fsp3) is 0.318. The third-order valence-corrected chi connectivity index (χ3v) is 4.65. The Balaban J connectivity index is 1.66. The van der Waals surface area contributed by atoms with Gasteiger partial charge in [-0.05, 0) is 43.2 Å². The van der Waals surface area contributed by atoms with E-state index in [0.717, 1.165) is 35.0 Å². The first-order chi connectivity index (χ1) is 14.2. The van der Waals surface area contributed by atoms with Crippen molar-refractivity contribution in [3.8, 4) is 11.5 Å². The largest absolute Gasteiger partial charge is 0.493 e. The molecular weight excluding hydrogens is 371 g/mol. The number of ether oxygens (including phenoxy) is 2. The summed E-state index contributed by atoms with van der Waals surface area (Å²) in [5.41, 5.74) is 2.94. The number of hydrogen-bond acceptors (Lipinski definition) is 3. The third-order valence-electron chi connectivity index (χ3n) is 4.65. The highest BCUT2D eigenvalue weighted by molar-refractivity contribution is 5.83. The number of para-hydroxylation sites is 1. The van der Waals surface area contributed by atoms with Crippen LogP contribution in [-0.4, -0.2) is 38.3 Å². The smallest absolute Gasteiger partial charge is 0.191 e. The van der Waals surface area contributed by atoms with Gasteiger partial charge in [0.05, 0.1) is 20.8 Å². The van der Waals surface area contributed by atoms with Crippen molar-refractivity contribution in [2.24, 2.45) is 4.99 Å². The number of H-pyrrole nitrogens is 1. The quantitative estimate of drug-likeness (QED) is 0.400. The summed E-state index contributed by atoms with van der Waals surface area (Å²) >= 11 is 0. The first-order valence-corrected chi connectivity index (χ1v) is 9.63. The maximum Gasteiger partial charge on any atom is 0.191 e. The summed E-state index contributed by atoms with van der Waals surface area (Å²) < 4.78 is 24.4. The molecule has 0 amide bonds. The van der Waals surface area contributed by atoms with Crippen molar-refractivity contribution in [3.05, 3.63) is 59.5 Å². The molecular formula is C22H27FN4O2. The lowest BCUT2D eigenvalue weighted by molar-refractivity contribution is 0.352. The van der Waals surface area contributed by atoms with E-state index >= 15 is 0 Å². The van der Waals surface area contributed by atoms with E-state index in [0.29, 0.717) is 30.5 Å². The molecule has 0 fully saturated rings. The first kappa shape index (κ1) is 20.5.